The van der Waals surface area contributed by atoms with Gasteiger partial charge in [0.15, 0.2) is 6.61 Å². The lowest BCUT2D eigenvalue weighted by atomic mass is 10.0. The summed E-state index contributed by atoms with van der Waals surface area (Å²) in [7, 11) is 0. The smallest absolute Gasteiger partial charge is 0.260 e. The molecule has 2 saturated heterocycles. The molecule has 2 aliphatic heterocycles. The van der Waals surface area contributed by atoms with Crippen LogP contribution in [-0.4, -0.2) is 43.6 Å². The average molecular weight is 350 g/mol. The monoisotopic (exact) mass is 348 g/mol. The van der Waals surface area contributed by atoms with Gasteiger partial charge in [0.05, 0.1) is 15.1 Å². The van der Waals surface area contributed by atoms with Crippen molar-refractivity contribution >= 4 is 40.7 Å². The molecule has 1 aromatic carbocycles. The van der Waals surface area contributed by atoms with E-state index in [1.807, 2.05) is 4.90 Å². The van der Waals surface area contributed by atoms with Crippen LogP contribution in [0.2, 0.25) is 15.1 Å². The van der Waals surface area contributed by atoms with Crippen LogP contribution >= 0.6 is 34.8 Å². The molecule has 1 amide bonds. The van der Waals surface area contributed by atoms with Crippen molar-refractivity contribution in [2.24, 2.45) is 11.8 Å². The summed E-state index contributed by atoms with van der Waals surface area (Å²) in [6.45, 7) is 3.55. The number of halogens is 3. The zero-order valence-electron chi connectivity index (χ0n) is 11.2. The Kier molecular flexibility index (Phi) is 4.50. The highest BCUT2D eigenvalue weighted by Crippen LogP contribution is 2.34. The Bertz CT molecular complexity index is 555. The molecule has 0 spiro atoms. The molecule has 7 heteroatoms. The predicted molar refractivity (Wildman–Crippen MR) is 83.4 cm³/mol. The van der Waals surface area contributed by atoms with E-state index in [0.29, 0.717) is 32.7 Å². The van der Waals surface area contributed by atoms with Crippen LogP contribution in [0.1, 0.15) is 0 Å². The van der Waals surface area contributed by atoms with E-state index < -0.39 is 0 Å². The number of ether oxygens (including phenoxy) is 1. The van der Waals surface area contributed by atoms with E-state index in [9.17, 15) is 4.79 Å². The van der Waals surface area contributed by atoms with Crippen LogP contribution in [0.4, 0.5) is 0 Å². The number of nitrogens with zero attached hydrogens (tertiary/aromatic N) is 1. The summed E-state index contributed by atoms with van der Waals surface area (Å²) in [6, 6.07) is 3.04. The van der Waals surface area contributed by atoms with E-state index in [1.54, 1.807) is 0 Å². The third-order valence-electron chi connectivity index (χ3n) is 4.07. The Morgan fingerprint density at radius 1 is 1.14 bits per heavy atom. The minimum Gasteiger partial charge on any atom is -0.482 e. The van der Waals surface area contributed by atoms with Crippen molar-refractivity contribution < 1.29 is 9.53 Å². The molecule has 2 heterocycles. The summed E-state index contributed by atoms with van der Waals surface area (Å²) < 4.78 is 5.49. The highest BCUT2D eigenvalue weighted by atomic mass is 35.5. The average Bonchev–Trinajstić information content (AvgIpc) is 3.02. The fourth-order valence-corrected chi connectivity index (χ4v) is 3.50. The summed E-state index contributed by atoms with van der Waals surface area (Å²) in [6.07, 6.45) is 0. The summed E-state index contributed by atoms with van der Waals surface area (Å²) in [4.78, 5) is 14.1. The van der Waals surface area contributed by atoms with Crippen molar-refractivity contribution in [1.29, 1.82) is 0 Å². The molecular weight excluding hydrogens is 335 g/mol. The normalized spacial score (nSPS) is 24.2. The van der Waals surface area contributed by atoms with Gasteiger partial charge in [0.1, 0.15) is 5.75 Å². The number of amides is 1. The number of likely N-dealkylation sites (tertiary alicyclic amines) is 1. The molecule has 0 aromatic heterocycles. The minimum absolute atomic E-state index is 0.0217. The van der Waals surface area contributed by atoms with E-state index in [1.165, 1.54) is 12.1 Å². The summed E-state index contributed by atoms with van der Waals surface area (Å²) in [5, 5.41) is 4.41. The molecule has 0 radical (unpaired) electrons. The Morgan fingerprint density at radius 3 is 2.43 bits per heavy atom. The van der Waals surface area contributed by atoms with Crippen molar-refractivity contribution in [3.63, 3.8) is 0 Å². The van der Waals surface area contributed by atoms with Crippen molar-refractivity contribution in [2.75, 3.05) is 32.8 Å². The van der Waals surface area contributed by atoms with Crippen molar-refractivity contribution in [2.45, 2.75) is 0 Å². The number of hydrogen-bond donors (Lipinski definition) is 1. The fourth-order valence-electron chi connectivity index (χ4n) is 2.90. The number of hydrogen-bond acceptors (Lipinski definition) is 3. The number of carbonyl (C=O) groups excluding carboxylic acids is 1. The van der Waals surface area contributed by atoms with Gasteiger partial charge in [-0.1, -0.05) is 34.8 Å². The standard InChI is InChI=1S/C14H15Cl3N2O2/c15-10-1-12(17)13(2-11(10)16)21-7-14(20)19-5-8-3-18-4-9(8)6-19/h1-2,8-9,18H,3-7H2/t8-,9+. The summed E-state index contributed by atoms with van der Waals surface area (Å²) >= 11 is 17.8. The summed E-state index contributed by atoms with van der Waals surface area (Å²) in [5.41, 5.74) is 0. The lowest BCUT2D eigenvalue weighted by molar-refractivity contribution is -0.132. The predicted octanol–water partition coefficient (Wildman–Crippen LogP) is 2.70. The third kappa shape index (κ3) is 3.24. The number of nitrogens with one attached hydrogen (secondary N) is 1. The fraction of sp³-hybridized carbons (Fsp3) is 0.500. The van der Waals surface area contributed by atoms with Crippen LogP contribution in [0, 0.1) is 11.8 Å². The third-order valence-corrected chi connectivity index (χ3v) is 5.09. The highest BCUT2D eigenvalue weighted by Gasteiger charge is 2.38. The van der Waals surface area contributed by atoms with Gasteiger partial charge in [-0.3, -0.25) is 4.79 Å². The van der Waals surface area contributed by atoms with Gasteiger partial charge < -0.3 is 15.0 Å². The molecule has 1 N–H and O–H groups in total. The maximum atomic E-state index is 12.2. The molecule has 0 saturated carbocycles. The molecule has 21 heavy (non-hydrogen) atoms. The maximum absolute atomic E-state index is 12.2. The van der Waals surface area contributed by atoms with Crippen LogP contribution < -0.4 is 10.1 Å². The number of rotatable bonds is 3. The lowest BCUT2D eigenvalue weighted by Gasteiger charge is -2.18. The first kappa shape index (κ1) is 15.2. The molecule has 2 fully saturated rings. The van der Waals surface area contributed by atoms with Crippen LogP contribution in [0.25, 0.3) is 0 Å². The van der Waals surface area contributed by atoms with Crippen LogP contribution in [0.5, 0.6) is 5.75 Å². The Hall–Kier alpha value is -0.680. The molecule has 0 bridgehead atoms. The van der Waals surface area contributed by atoms with Gasteiger partial charge in [-0.2, -0.15) is 0 Å². The second kappa shape index (κ2) is 6.21. The minimum atomic E-state index is -0.0372. The molecule has 0 unspecified atom stereocenters. The second-order valence-electron chi connectivity index (χ2n) is 5.46. The molecule has 2 atom stereocenters. The van der Waals surface area contributed by atoms with Crippen molar-refractivity contribution in [3.8, 4) is 5.75 Å². The molecule has 1 aromatic rings. The van der Waals surface area contributed by atoms with E-state index in [-0.39, 0.29) is 12.5 Å². The molecule has 3 rings (SSSR count). The van der Waals surface area contributed by atoms with Crippen molar-refractivity contribution in [3.05, 3.63) is 27.2 Å². The molecule has 2 aliphatic rings. The molecule has 0 aliphatic carbocycles. The van der Waals surface area contributed by atoms with Gasteiger partial charge in [0.2, 0.25) is 0 Å². The van der Waals surface area contributed by atoms with Crippen molar-refractivity contribution in [1.82, 2.24) is 10.2 Å². The number of fused-ring (bicyclic) bond motifs is 1. The SMILES string of the molecule is O=C(COc1cc(Cl)c(Cl)cc1Cl)N1C[C@H]2CNC[C@H]2C1. The van der Waals surface area contributed by atoms with Gasteiger partial charge in [-0.25, -0.2) is 0 Å². The van der Waals surface area contributed by atoms with E-state index >= 15 is 0 Å². The zero-order valence-corrected chi connectivity index (χ0v) is 13.5. The van der Waals surface area contributed by atoms with E-state index in [2.05, 4.69) is 5.32 Å². The van der Waals surface area contributed by atoms with Crippen LogP contribution in [0.15, 0.2) is 12.1 Å². The first-order valence-corrected chi connectivity index (χ1v) is 7.94. The van der Waals surface area contributed by atoms with Gasteiger partial charge in [-0.05, 0) is 17.9 Å². The molecule has 114 valence electrons. The number of benzene rings is 1. The largest absolute Gasteiger partial charge is 0.482 e. The first-order valence-electron chi connectivity index (χ1n) is 6.80. The maximum Gasteiger partial charge on any atom is 0.260 e. The highest BCUT2D eigenvalue weighted by molar-refractivity contribution is 6.43. The van der Waals surface area contributed by atoms with Gasteiger partial charge in [-0.15, -0.1) is 0 Å². The summed E-state index contributed by atoms with van der Waals surface area (Å²) in [5.74, 6) is 1.50. The van der Waals surface area contributed by atoms with E-state index in [0.717, 1.165) is 26.2 Å². The quantitative estimate of drug-likeness (QED) is 0.853. The van der Waals surface area contributed by atoms with E-state index in [4.69, 9.17) is 39.5 Å². The van der Waals surface area contributed by atoms with Crippen LogP contribution in [-0.2, 0) is 4.79 Å². The second-order valence-corrected chi connectivity index (χ2v) is 6.68. The first-order chi connectivity index (χ1) is 10.0. The molecular formula is C14H15Cl3N2O2. The van der Waals surface area contributed by atoms with Gasteiger partial charge >= 0.3 is 0 Å². The Labute approximate surface area is 138 Å². The van der Waals surface area contributed by atoms with Gasteiger partial charge in [0.25, 0.3) is 5.91 Å². The number of carbonyl (C=O) groups is 1. The van der Waals surface area contributed by atoms with Gasteiger partial charge in [0, 0.05) is 32.2 Å². The Balaban J connectivity index is 1.58. The topological polar surface area (TPSA) is 41.6 Å². The Morgan fingerprint density at radius 2 is 1.76 bits per heavy atom. The zero-order chi connectivity index (χ0) is 15.0. The lowest BCUT2D eigenvalue weighted by Crippen LogP contribution is -2.35. The van der Waals surface area contributed by atoms with Crippen LogP contribution in [0.3, 0.4) is 0 Å². The molecule has 4 nitrogen and oxygen atoms in total.